The maximum Gasteiger partial charge on any atom is 0.132 e. The molecule has 0 bridgehead atoms. The van der Waals surface area contributed by atoms with Crippen LogP contribution in [0.3, 0.4) is 0 Å². The summed E-state index contributed by atoms with van der Waals surface area (Å²) in [6, 6.07) is 20.7. The Kier molecular flexibility index (Phi) is 5.20. The lowest BCUT2D eigenvalue weighted by atomic mass is 10.1. The summed E-state index contributed by atoms with van der Waals surface area (Å²) in [7, 11) is 0. The summed E-state index contributed by atoms with van der Waals surface area (Å²) in [4.78, 5) is 1.21. The summed E-state index contributed by atoms with van der Waals surface area (Å²) >= 11 is 1.68. The lowest BCUT2D eigenvalue weighted by Gasteiger charge is -2.10. The molecule has 1 fully saturated rings. The zero-order valence-corrected chi connectivity index (χ0v) is 13.5. The Morgan fingerprint density at radius 3 is 2.45 bits per heavy atom. The number of hydrogen-bond donors (Lipinski definition) is 0. The molecule has 0 amide bonds. The quantitative estimate of drug-likeness (QED) is 0.708. The van der Waals surface area contributed by atoms with Gasteiger partial charge in [0.2, 0.25) is 0 Å². The van der Waals surface area contributed by atoms with Gasteiger partial charge in [0.05, 0.1) is 0 Å². The molecular formula is C19H20O2S. The average Bonchev–Trinajstić information content (AvgIpc) is 2.98. The average molecular weight is 312 g/mol. The van der Waals surface area contributed by atoms with E-state index in [0.717, 1.165) is 12.2 Å². The number of rotatable bonds is 5. The van der Waals surface area contributed by atoms with Gasteiger partial charge in [-0.15, -0.1) is 0 Å². The maximum atomic E-state index is 6.15. The van der Waals surface area contributed by atoms with E-state index in [-0.39, 0.29) is 12.2 Å². The molecule has 1 aliphatic rings. The van der Waals surface area contributed by atoms with Crippen molar-refractivity contribution >= 4 is 11.8 Å². The lowest BCUT2D eigenvalue weighted by molar-refractivity contribution is 0.0846. The van der Waals surface area contributed by atoms with E-state index in [2.05, 4.69) is 41.8 Å². The second kappa shape index (κ2) is 7.52. The first-order chi connectivity index (χ1) is 10.9. The van der Waals surface area contributed by atoms with E-state index in [0.29, 0.717) is 6.61 Å². The Hall–Kier alpha value is -1.71. The molecule has 0 unspecified atom stereocenters. The van der Waals surface area contributed by atoms with Crippen LogP contribution in [0.1, 0.15) is 25.0 Å². The Morgan fingerprint density at radius 1 is 1.09 bits per heavy atom. The molecule has 0 aromatic heterocycles. The van der Waals surface area contributed by atoms with Crippen molar-refractivity contribution < 1.29 is 9.47 Å². The van der Waals surface area contributed by atoms with Crippen LogP contribution in [0, 0.1) is 0 Å². The van der Waals surface area contributed by atoms with Crippen LogP contribution < -0.4 is 0 Å². The molecule has 1 heterocycles. The molecule has 114 valence electrons. The van der Waals surface area contributed by atoms with Crippen LogP contribution in [0.25, 0.3) is 0 Å². The molecular weight excluding hydrogens is 292 g/mol. The van der Waals surface area contributed by atoms with Crippen molar-refractivity contribution in [3.05, 3.63) is 77.4 Å². The van der Waals surface area contributed by atoms with Crippen molar-refractivity contribution in [1.29, 1.82) is 0 Å². The highest BCUT2D eigenvalue weighted by Crippen LogP contribution is 2.38. The Bertz CT molecular complexity index is 610. The molecule has 2 atom stereocenters. The van der Waals surface area contributed by atoms with Gasteiger partial charge in [0, 0.05) is 23.3 Å². The zero-order chi connectivity index (χ0) is 15.2. The molecule has 3 rings (SSSR count). The van der Waals surface area contributed by atoms with Gasteiger partial charge in [-0.1, -0.05) is 60.3 Å². The van der Waals surface area contributed by atoms with Gasteiger partial charge in [0.1, 0.15) is 18.0 Å². The predicted octanol–water partition coefficient (Wildman–Crippen LogP) is 5.19. The van der Waals surface area contributed by atoms with E-state index in [4.69, 9.17) is 9.47 Å². The van der Waals surface area contributed by atoms with E-state index in [1.807, 2.05) is 31.2 Å². The van der Waals surface area contributed by atoms with Crippen LogP contribution in [-0.4, -0.2) is 12.7 Å². The van der Waals surface area contributed by atoms with Crippen molar-refractivity contribution in [3.63, 3.8) is 0 Å². The maximum absolute atomic E-state index is 6.15. The fourth-order valence-electron chi connectivity index (χ4n) is 2.55. The third kappa shape index (κ3) is 3.73. The molecule has 0 spiro atoms. The smallest absolute Gasteiger partial charge is 0.132 e. The van der Waals surface area contributed by atoms with E-state index in [1.165, 1.54) is 10.5 Å². The van der Waals surface area contributed by atoms with Crippen LogP contribution in [-0.2, 0) is 9.47 Å². The van der Waals surface area contributed by atoms with Crippen molar-refractivity contribution in [2.24, 2.45) is 0 Å². The molecule has 2 nitrogen and oxygen atoms in total. The third-order valence-electron chi connectivity index (χ3n) is 3.62. The molecule has 1 saturated heterocycles. The molecule has 2 aromatic carbocycles. The summed E-state index contributed by atoms with van der Waals surface area (Å²) in [6.07, 6.45) is 1.01. The Balaban J connectivity index is 1.74. The van der Waals surface area contributed by atoms with Gasteiger partial charge in [-0.3, -0.25) is 0 Å². The van der Waals surface area contributed by atoms with Crippen molar-refractivity contribution in [2.45, 2.75) is 30.4 Å². The van der Waals surface area contributed by atoms with Gasteiger partial charge < -0.3 is 9.47 Å². The highest BCUT2D eigenvalue weighted by molar-refractivity contribution is 8.02. The third-order valence-corrected chi connectivity index (χ3v) is 4.51. The normalized spacial score (nSPS) is 22.7. The number of thioether (sulfide) groups is 1. The van der Waals surface area contributed by atoms with Gasteiger partial charge >= 0.3 is 0 Å². The number of benzene rings is 2. The van der Waals surface area contributed by atoms with Crippen LogP contribution >= 0.6 is 11.8 Å². The zero-order valence-electron chi connectivity index (χ0n) is 12.6. The largest absolute Gasteiger partial charge is 0.487 e. The summed E-state index contributed by atoms with van der Waals surface area (Å²) < 4.78 is 12.0. The van der Waals surface area contributed by atoms with Gasteiger partial charge in [0.25, 0.3) is 0 Å². The Morgan fingerprint density at radius 2 is 1.77 bits per heavy atom. The molecule has 0 aliphatic carbocycles. The molecule has 0 saturated carbocycles. The highest BCUT2D eigenvalue weighted by atomic mass is 32.2. The first-order valence-corrected chi connectivity index (χ1v) is 8.49. The number of hydrogen-bond acceptors (Lipinski definition) is 3. The van der Waals surface area contributed by atoms with Gasteiger partial charge in [-0.05, 0) is 24.6 Å². The van der Waals surface area contributed by atoms with E-state index in [1.54, 1.807) is 11.8 Å². The van der Waals surface area contributed by atoms with Gasteiger partial charge in [0.15, 0.2) is 0 Å². The van der Waals surface area contributed by atoms with Crippen molar-refractivity contribution in [2.75, 3.05) is 6.61 Å². The second-order valence-electron chi connectivity index (χ2n) is 5.15. The first-order valence-electron chi connectivity index (χ1n) is 7.62. The fourth-order valence-corrected chi connectivity index (χ4v) is 3.32. The molecule has 22 heavy (non-hydrogen) atoms. The van der Waals surface area contributed by atoms with Crippen molar-refractivity contribution in [1.82, 2.24) is 0 Å². The molecule has 0 radical (unpaired) electrons. The highest BCUT2D eigenvalue weighted by Gasteiger charge is 2.32. The summed E-state index contributed by atoms with van der Waals surface area (Å²) in [5.41, 5.74) is 1.21. The SMILES string of the molecule is CCO[C@H]1C[C@H](c2ccccc2)O/C1=C\Sc1ccccc1. The molecule has 1 aliphatic heterocycles. The molecule has 2 aromatic rings. The number of ether oxygens (including phenoxy) is 2. The second-order valence-corrected chi connectivity index (χ2v) is 6.09. The fraction of sp³-hybridized carbons (Fsp3) is 0.263. The minimum absolute atomic E-state index is 0.0476. The Labute approximate surface area is 136 Å². The topological polar surface area (TPSA) is 18.5 Å². The van der Waals surface area contributed by atoms with Crippen LogP contribution in [0.5, 0.6) is 0 Å². The molecule has 3 heteroatoms. The summed E-state index contributed by atoms with van der Waals surface area (Å²) in [5.74, 6) is 0.935. The minimum atomic E-state index is 0.0476. The molecule has 0 N–H and O–H groups in total. The minimum Gasteiger partial charge on any atom is -0.487 e. The predicted molar refractivity (Wildman–Crippen MR) is 90.7 cm³/mol. The monoisotopic (exact) mass is 312 g/mol. The van der Waals surface area contributed by atoms with Crippen molar-refractivity contribution in [3.8, 4) is 0 Å². The summed E-state index contributed by atoms with van der Waals surface area (Å²) in [5, 5.41) is 2.08. The van der Waals surface area contributed by atoms with Crippen LogP contribution in [0.2, 0.25) is 0 Å². The van der Waals surface area contributed by atoms with E-state index >= 15 is 0 Å². The first kappa shape index (κ1) is 15.2. The van der Waals surface area contributed by atoms with E-state index < -0.39 is 0 Å². The van der Waals surface area contributed by atoms with Gasteiger partial charge in [-0.2, -0.15) is 0 Å². The van der Waals surface area contributed by atoms with Crippen LogP contribution in [0.15, 0.2) is 76.7 Å². The standard InChI is InChI=1S/C19H20O2S/c1-2-20-18-13-17(15-9-5-3-6-10-15)21-19(18)14-22-16-11-7-4-8-12-16/h3-12,14,17-18H,2,13H2,1H3/b19-14-/t17-,18+/m1/s1. The summed E-state index contributed by atoms with van der Waals surface area (Å²) in [6.45, 7) is 2.72. The van der Waals surface area contributed by atoms with Gasteiger partial charge in [-0.25, -0.2) is 0 Å². The van der Waals surface area contributed by atoms with E-state index in [9.17, 15) is 0 Å². The lowest BCUT2D eigenvalue weighted by Crippen LogP contribution is -2.10. The van der Waals surface area contributed by atoms with Crippen LogP contribution in [0.4, 0.5) is 0 Å².